The first-order valence-corrected chi connectivity index (χ1v) is 8.42. The molecule has 0 spiro atoms. The summed E-state index contributed by atoms with van der Waals surface area (Å²) in [7, 11) is 0. The first kappa shape index (κ1) is 18.8. The van der Waals surface area contributed by atoms with Crippen molar-refractivity contribution in [1.82, 2.24) is 14.8 Å². The molecule has 0 aliphatic heterocycles. The molecule has 2 atom stereocenters. The number of aromatic nitrogens is 3. The Hall–Kier alpha value is -1.54. The Morgan fingerprint density at radius 3 is 2.62 bits per heavy atom. The van der Waals surface area contributed by atoms with Crippen LogP contribution in [0.1, 0.15) is 44.9 Å². The average Bonchev–Trinajstić information content (AvgIpc) is 3.01. The van der Waals surface area contributed by atoms with Crippen LogP contribution >= 0.6 is 23.2 Å². The fraction of sp³-hybridized carbons (Fsp3) is 0.444. The predicted octanol–water partition coefficient (Wildman–Crippen LogP) is 4.95. The molecule has 128 valence electrons. The van der Waals surface area contributed by atoms with Crippen molar-refractivity contribution in [3.63, 3.8) is 0 Å². The van der Waals surface area contributed by atoms with Crippen LogP contribution in [0.3, 0.4) is 0 Å². The van der Waals surface area contributed by atoms with Gasteiger partial charge in [-0.05, 0) is 23.1 Å². The SMILES string of the molecule is C#CCOC(CC(n1cncn1)C(C)(C)C)c1ccc(Cl)cc1Cl. The molecular weight excluding hydrogens is 345 g/mol. The van der Waals surface area contributed by atoms with Crippen LogP contribution in [0.15, 0.2) is 30.9 Å². The van der Waals surface area contributed by atoms with E-state index in [0.29, 0.717) is 16.5 Å². The summed E-state index contributed by atoms with van der Waals surface area (Å²) in [5.41, 5.74) is 0.815. The van der Waals surface area contributed by atoms with E-state index in [1.54, 1.807) is 18.5 Å². The maximum Gasteiger partial charge on any atom is 0.137 e. The van der Waals surface area contributed by atoms with Gasteiger partial charge in [-0.1, -0.05) is 56.0 Å². The smallest absolute Gasteiger partial charge is 0.137 e. The van der Waals surface area contributed by atoms with Gasteiger partial charge in [0, 0.05) is 16.5 Å². The third kappa shape index (κ3) is 4.73. The highest BCUT2D eigenvalue weighted by molar-refractivity contribution is 6.35. The van der Waals surface area contributed by atoms with Gasteiger partial charge in [0.05, 0.1) is 12.1 Å². The molecule has 24 heavy (non-hydrogen) atoms. The maximum atomic E-state index is 6.37. The third-order valence-corrected chi connectivity index (χ3v) is 4.43. The average molecular weight is 366 g/mol. The zero-order valence-corrected chi connectivity index (χ0v) is 15.6. The van der Waals surface area contributed by atoms with Gasteiger partial charge >= 0.3 is 0 Å². The molecule has 0 saturated carbocycles. The van der Waals surface area contributed by atoms with E-state index >= 15 is 0 Å². The van der Waals surface area contributed by atoms with Crippen molar-refractivity contribution in [3.8, 4) is 12.3 Å². The first-order chi connectivity index (χ1) is 11.3. The van der Waals surface area contributed by atoms with Crippen molar-refractivity contribution in [2.45, 2.75) is 39.3 Å². The van der Waals surface area contributed by atoms with Crippen LogP contribution in [-0.4, -0.2) is 21.4 Å². The predicted molar refractivity (Wildman–Crippen MR) is 97.1 cm³/mol. The van der Waals surface area contributed by atoms with E-state index in [0.717, 1.165) is 5.56 Å². The van der Waals surface area contributed by atoms with Crippen molar-refractivity contribution in [3.05, 3.63) is 46.5 Å². The van der Waals surface area contributed by atoms with Gasteiger partial charge in [-0.15, -0.1) is 6.42 Å². The standard InChI is InChI=1S/C18H21Cl2N3O/c1-5-8-24-16(14-7-6-13(19)9-15(14)20)10-17(18(2,3)4)23-12-21-11-22-23/h1,6-7,9,11-12,16-17H,8,10H2,2-4H3. The second-order valence-corrected chi connectivity index (χ2v) is 7.51. The van der Waals surface area contributed by atoms with Gasteiger partial charge in [-0.3, -0.25) is 0 Å². The number of hydrogen-bond acceptors (Lipinski definition) is 3. The van der Waals surface area contributed by atoms with Crippen LogP contribution in [-0.2, 0) is 4.74 Å². The Morgan fingerprint density at radius 1 is 1.33 bits per heavy atom. The van der Waals surface area contributed by atoms with Crippen LogP contribution < -0.4 is 0 Å². The van der Waals surface area contributed by atoms with E-state index in [2.05, 4.69) is 36.8 Å². The summed E-state index contributed by atoms with van der Waals surface area (Å²) < 4.78 is 7.75. The highest BCUT2D eigenvalue weighted by atomic mass is 35.5. The number of rotatable bonds is 6. The molecule has 0 radical (unpaired) electrons. The summed E-state index contributed by atoms with van der Waals surface area (Å²) in [6.07, 6.45) is 9.02. The van der Waals surface area contributed by atoms with E-state index in [1.165, 1.54) is 6.33 Å². The van der Waals surface area contributed by atoms with Gasteiger partial charge < -0.3 is 4.74 Å². The molecule has 1 heterocycles. The lowest BCUT2D eigenvalue weighted by atomic mass is 9.82. The quantitative estimate of drug-likeness (QED) is 0.679. The molecule has 2 rings (SSSR count). The summed E-state index contributed by atoms with van der Waals surface area (Å²) in [5, 5.41) is 5.45. The van der Waals surface area contributed by atoms with E-state index < -0.39 is 0 Å². The van der Waals surface area contributed by atoms with Crippen molar-refractivity contribution < 1.29 is 4.74 Å². The highest BCUT2D eigenvalue weighted by Gasteiger charge is 2.31. The number of terminal acetylenes is 1. The van der Waals surface area contributed by atoms with E-state index in [9.17, 15) is 0 Å². The normalized spacial score (nSPS) is 14.2. The molecule has 0 saturated heterocycles. The monoisotopic (exact) mass is 365 g/mol. The molecule has 1 aromatic carbocycles. The van der Waals surface area contributed by atoms with Crippen LogP contribution in [0.25, 0.3) is 0 Å². The Kier molecular flexibility index (Phi) is 6.28. The summed E-state index contributed by atoms with van der Waals surface area (Å²) in [5.74, 6) is 2.52. The molecule has 0 bridgehead atoms. The number of halogens is 2. The number of hydrogen-bond donors (Lipinski definition) is 0. The van der Waals surface area contributed by atoms with Gasteiger partial charge in [-0.25, -0.2) is 9.67 Å². The Bertz CT molecular complexity index is 702. The van der Waals surface area contributed by atoms with Crippen molar-refractivity contribution >= 4 is 23.2 Å². The molecule has 0 amide bonds. The van der Waals surface area contributed by atoms with Gasteiger partial charge in [0.1, 0.15) is 19.3 Å². The van der Waals surface area contributed by atoms with Crippen molar-refractivity contribution in [2.24, 2.45) is 5.41 Å². The molecule has 0 aliphatic rings. The minimum absolute atomic E-state index is 0.0512. The molecular formula is C18H21Cl2N3O. The zero-order valence-electron chi connectivity index (χ0n) is 14.0. The zero-order chi connectivity index (χ0) is 17.7. The highest BCUT2D eigenvalue weighted by Crippen LogP contribution is 2.40. The summed E-state index contributed by atoms with van der Waals surface area (Å²) in [6.45, 7) is 6.67. The summed E-state index contributed by atoms with van der Waals surface area (Å²) in [4.78, 5) is 4.06. The molecule has 2 unspecified atom stereocenters. The third-order valence-electron chi connectivity index (χ3n) is 3.87. The number of nitrogens with zero attached hydrogens (tertiary/aromatic N) is 3. The second-order valence-electron chi connectivity index (χ2n) is 6.66. The maximum absolute atomic E-state index is 6.37. The molecule has 6 heteroatoms. The lowest BCUT2D eigenvalue weighted by molar-refractivity contribution is 0.0386. The molecule has 4 nitrogen and oxygen atoms in total. The van der Waals surface area contributed by atoms with E-state index in [1.807, 2.05) is 10.7 Å². The van der Waals surface area contributed by atoms with Crippen LogP contribution in [0, 0.1) is 17.8 Å². The minimum Gasteiger partial charge on any atom is -0.361 e. The van der Waals surface area contributed by atoms with E-state index in [-0.39, 0.29) is 24.2 Å². The van der Waals surface area contributed by atoms with Crippen LogP contribution in [0.4, 0.5) is 0 Å². The topological polar surface area (TPSA) is 39.9 Å². The first-order valence-electron chi connectivity index (χ1n) is 7.67. The molecule has 0 aliphatic carbocycles. The molecule has 1 aromatic heterocycles. The Balaban J connectivity index is 2.34. The van der Waals surface area contributed by atoms with Gasteiger partial charge in [0.2, 0.25) is 0 Å². The van der Waals surface area contributed by atoms with Gasteiger partial charge in [0.25, 0.3) is 0 Å². The number of benzene rings is 1. The van der Waals surface area contributed by atoms with Crippen molar-refractivity contribution in [1.29, 1.82) is 0 Å². The fourth-order valence-electron chi connectivity index (χ4n) is 2.64. The van der Waals surface area contributed by atoms with Crippen LogP contribution in [0.2, 0.25) is 10.0 Å². The molecule has 0 fully saturated rings. The van der Waals surface area contributed by atoms with E-state index in [4.69, 9.17) is 34.4 Å². The number of ether oxygens (including phenoxy) is 1. The van der Waals surface area contributed by atoms with Crippen LogP contribution in [0.5, 0.6) is 0 Å². The fourth-order valence-corrected chi connectivity index (χ4v) is 3.17. The Labute approximate surface area is 153 Å². The summed E-state index contributed by atoms with van der Waals surface area (Å²) >= 11 is 12.4. The Morgan fingerprint density at radius 2 is 2.08 bits per heavy atom. The van der Waals surface area contributed by atoms with Gasteiger partial charge in [0.15, 0.2) is 0 Å². The second kappa shape index (κ2) is 8.02. The lowest BCUT2D eigenvalue weighted by Crippen LogP contribution is -2.27. The molecule has 0 N–H and O–H groups in total. The lowest BCUT2D eigenvalue weighted by Gasteiger charge is -2.33. The van der Waals surface area contributed by atoms with Gasteiger partial charge in [-0.2, -0.15) is 5.10 Å². The largest absolute Gasteiger partial charge is 0.361 e. The minimum atomic E-state index is -0.265. The summed E-state index contributed by atoms with van der Waals surface area (Å²) in [6, 6.07) is 5.46. The van der Waals surface area contributed by atoms with Crippen molar-refractivity contribution in [2.75, 3.05) is 6.61 Å². The molecule has 2 aromatic rings.